The Kier molecular flexibility index (Phi) is 3.89. The van der Waals surface area contributed by atoms with Crippen LogP contribution in [0.2, 0.25) is 0 Å². The number of rotatable bonds is 1. The fourth-order valence-electron chi connectivity index (χ4n) is 4.81. The van der Waals surface area contributed by atoms with Crippen molar-refractivity contribution >= 4 is 17.9 Å². The van der Waals surface area contributed by atoms with Gasteiger partial charge in [0.15, 0.2) is 0 Å². The summed E-state index contributed by atoms with van der Waals surface area (Å²) < 4.78 is 0. The van der Waals surface area contributed by atoms with Crippen molar-refractivity contribution in [1.82, 2.24) is 19.8 Å². The topological polar surface area (TPSA) is 138 Å². The summed E-state index contributed by atoms with van der Waals surface area (Å²) >= 11 is 0. The highest BCUT2D eigenvalue weighted by molar-refractivity contribution is 5.87. The SMILES string of the molecule is NC(=O)N1CCC[C@H]1C(=O)N1CCC2(CCc3c2nc(N)[nH]c3=O)CC1. The van der Waals surface area contributed by atoms with E-state index >= 15 is 0 Å². The number of nitrogens with zero attached hydrogens (tertiary/aromatic N) is 3. The molecule has 9 nitrogen and oxygen atoms in total. The molecule has 0 aromatic carbocycles. The number of piperidine rings is 1. The Morgan fingerprint density at radius 3 is 2.62 bits per heavy atom. The molecule has 1 atom stereocenters. The number of hydrogen-bond donors (Lipinski definition) is 3. The van der Waals surface area contributed by atoms with Gasteiger partial charge in [-0.25, -0.2) is 9.78 Å². The highest BCUT2D eigenvalue weighted by Gasteiger charge is 2.46. The number of aromatic nitrogens is 2. The Bertz CT molecular complexity index is 811. The molecule has 3 amide bonds. The second kappa shape index (κ2) is 6.00. The standard InChI is InChI=1S/C17H24N6O3/c18-15-20-12-10(13(24)21-15)3-4-17(12)5-8-22(9-6-17)14(25)11-2-1-7-23(11)16(19)26/h11H,1-9H2,(H2,19,26)(H3,18,20,21,24)/t11-/m0/s1. The van der Waals surface area contributed by atoms with Crippen LogP contribution in [0.25, 0.3) is 0 Å². The zero-order valence-corrected chi connectivity index (χ0v) is 14.7. The molecule has 0 unspecified atom stereocenters. The van der Waals surface area contributed by atoms with Crippen molar-refractivity contribution in [2.24, 2.45) is 5.73 Å². The van der Waals surface area contributed by atoms with E-state index in [2.05, 4.69) is 9.97 Å². The molecule has 0 saturated carbocycles. The molecule has 1 aromatic heterocycles. The summed E-state index contributed by atoms with van der Waals surface area (Å²) in [7, 11) is 0. The van der Waals surface area contributed by atoms with Gasteiger partial charge in [-0.2, -0.15) is 0 Å². The van der Waals surface area contributed by atoms with Crippen molar-refractivity contribution in [2.75, 3.05) is 25.4 Å². The normalized spacial score (nSPS) is 24.1. The summed E-state index contributed by atoms with van der Waals surface area (Å²) in [6, 6.07) is -0.966. The first-order valence-electron chi connectivity index (χ1n) is 9.15. The van der Waals surface area contributed by atoms with Crippen molar-refractivity contribution in [3.05, 3.63) is 21.6 Å². The van der Waals surface area contributed by atoms with Crippen molar-refractivity contribution in [2.45, 2.75) is 50.0 Å². The number of H-pyrrole nitrogens is 1. The van der Waals surface area contributed by atoms with Crippen LogP contribution in [0.5, 0.6) is 0 Å². The molecule has 140 valence electrons. The van der Waals surface area contributed by atoms with Crippen LogP contribution in [0.1, 0.15) is 43.4 Å². The predicted octanol–water partition coefficient (Wildman–Crippen LogP) is -0.298. The highest BCUT2D eigenvalue weighted by atomic mass is 16.2. The van der Waals surface area contributed by atoms with E-state index in [1.807, 2.05) is 4.90 Å². The Morgan fingerprint density at radius 1 is 1.19 bits per heavy atom. The Morgan fingerprint density at radius 2 is 1.92 bits per heavy atom. The average molecular weight is 360 g/mol. The average Bonchev–Trinajstić information content (AvgIpc) is 3.22. The summed E-state index contributed by atoms with van der Waals surface area (Å²) in [5.41, 5.74) is 12.4. The maximum atomic E-state index is 12.9. The molecule has 3 heterocycles. The van der Waals surface area contributed by atoms with Crippen LogP contribution in [-0.2, 0) is 16.6 Å². The summed E-state index contributed by atoms with van der Waals surface area (Å²) in [6.45, 7) is 1.73. The van der Waals surface area contributed by atoms with E-state index < -0.39 is 12.1 Å². The lowest BCUT2D eigenvalue weighted by Gasteiger charge is -2.40. The van der Waals surface area contributed by atoms with Crippen molar-refractivity contribution in [3.63, 3.8) is 0 Å². The molecule has 2 fully saturated rings. The van der Waals surface area contributed by atoms with Gasteiger partial charge >= 0.3 is 6.03 Å². The molecule has 2 saturated heterocycles. The molecule has 26 heavy (non-hydrogen) atoms. The number of amides is 3. The lowest BCUT2D eigenvalue weighted by Crippen LogP contribution is -2.53. The quantitative estimate of drug-likeness (QED) is 0.631. The first-order valence-corrected chi connectivity index (χ1v) is 9.15. The highest BCUT2D eigenvalue weighted by Crippen LogP contribution is 2.44. The number of hydrogen-bond acceptors (Lipinski definition) is 5. The second-order valence-electron chi connectivity index (χ2n) is 7.57. The first kappa shape index (κ1) is 16.9. The van der Waals surface area contributed by atoms with Crippen molar-refractivity contribution in [1.29, 1.82) is 0 Å². The minimum atomic E-state index is -0.530. The predicted molar refractivity (Wildman–Crippen MR) is 94.4 cm³/mol. The van der Waals surface area contributed by atoms with Crippen LogP contribution >= 0.6 is 0 Å². The molecule has 1 spiro atoms. The maximum Gasteiger partial charge on any atom is 0.315 e. The molecule has 3 aliphatic rings. The molecule has 1 aliphatic carbocycles. The van der Waals surface area contributed by atoms with E-state index in [4.69, 9.17) is 11.5 Å². The fourth-order valence-corrected chi connectivity index (χ4v) is 4.81. The second-order valence-corrected chi connectivity index (χ2v) is 7.57. The van der Waals surface area contributed by atoms with E-state index in [-0.39, 0.29) is 22.8 Å². The molecule has 9 heteroatoms. The third-order valence-corrected chi connectivity index (χ3v) is 6.24. The number of primary amides is 1. The number of fused-ring (bicyclic) bond motifs is 2. The van der Waals surface area contributed by atoms with Crippen LogP contribution in [0, 0.1) is 0 Å². The summed E-state index contributed by atoms with van der Waals surface area (Å²) in [5.74, 6) is 0.129. The van der Waals surface area contributed by atoms with Gasteiger partial charge in [0.1, 0.15) is 6.04 Å². The van der Waals surface area contributed by atoms with Crippen LogP contribution in [0.3, 0.4) is 0 Å². The molecule has 0 bridgehead atoms. The zero-order chi connectivity index (χ0) is 18.5. The van der Waals surface area contributed by atoms with Gasteiger partial charge in [0.2, 0.25) is 11.9 Å². The number of nitrogen functional groups attached to an aromatic ring is 1. The number of urea groups is 1. The molecule has 5 N–H and O–H groups in total. The van der Waals surface area contributed by atoms with E-state index in [0.29, 0.717) is 32.5 Å². The van der Waals surface area contributed by atoms with Gasteiger partial charge in [0.05, 0.1) is 5.69 Å². The number of nitrogens with two attached hydrogens (primary N) is 2. The Labute approximate surface area is 150 Å². The van der Waals surface area contributed by atoms with Crippen molar-refractivity contribution < 1.29 is 9.59 Å². The van der Waals surface area contributed by atoms with Gasteiger partial charge < -0.3 is 21.3 Å². The molecular weight excluding hydrogens is 336 g/mol. The number of anilines is 1. The molecule has 2 aliphatic heterocycles. The van der Waals surface area contributed by atoms with E-state index in [1.165, 1.54) is 4.90 Å². The minimum Gasteiger partial charge on any atom is -0.369 e. The summed E-state index contributed by atoms with van der Waals surface area (Å²) in [4.78, 5) is 46.8. The van der Waals surface area contributed by atoms with Crippen molar-refractivity contribution in [3.8, 4) is 0 Å². The van der Waals surface area contributed by atoms with Crippen LogP contribution in [-0.4, -0.2) is 57.4 Å². The van der Waals surface area contributed by atoms with Gasteiger partial charge in [-0.1, -0.05) is 0 Å². The van der Waals surface area contributed by atoms with Gasteiger partial charge in [0.25, 0.3) is 5.56 Å². The molecule has 0 radical (unpaired) electrons. The van der Waals surface area contributed by atoms with Gasteiger partial charge in [-0.3, -0.25) is 14.6 Å². The van der Waals surface area contributed by atoms with E-state index in [0.717, 1.165) is 36.9 Å². The summed E-state index contributed by atoms with van der Waals surface area (Å²) in [5, 5.41) is 0. The molecule has 4 rings (SSSR count). The number of carbonyl (C=O) groups excluding carboxylic acids is 2. The fraction of sp³-hybridized carbons (Fsp3) is 0.647. The first-order chi connectivity index (χ1) is 12.4. The van der Waals surface area contributed by atoms with Crippen LogP contribution < -0.4 is 17.0 Å². The molecule has 1 aromatic rings. The van der Waals surface area contributed by atoms with Crippen LogP contribution in [0.15, 0.2) is 4.79 Å². The maximum absolute atomic E-state index is 12.9. The van der Waals surface area contributed by atoms with Gasteiger partial charge in [-0.05, 0) is 38.5 Å². The largest absolute Gasteiger partial charge is 0.369 e. The number of likely N-dealkylation sites (tertiary alicyclic amines) is 2. The Balaban J connectivity index is 1.50. The van der Waals surface area contributed by atoms with Gasteiger partial charge in [-0.15, -0.1) is 0 Å². The third-order valence-electron chi connectivity index (χ3n) is 6.24. The lowest BCUT2D eigenvalue weighted by molar-refractivity contribution is -0.136. The van der Waals surface area contributed by atoms with E-state index in [1.54, 1.807) is 0 Å². The molecular formula is C17H24N6O3. The van der Waals surface area contributed by atoms with E-state index in [9.17, 15) is 14.4 Å². The lowest BCUT2D eigenvalue weighted by atomic mass is 9.76. The van der Waals surface area contributed by atoms with Gasteiger partial charge in [0, 0.05) is 30.6 Å². The smallest absolute Gasteiger partial charge is 0.315 e. The van der Waals surface area contributed by atoms with Crippen LogP contribution in [0.4, 0.5) is 10.7 Å². The number of nitrogens with one attached hydrogen (secondary N) is 1. The monoisotopic (exact) mass is 360 g/mol. The number of aromatic amines is 1. The minimum absolute atomic E-state index is 0.0206. The zero-order valence-electron chi connectivity index (χ0n) is 14.7. The summed E-state index contributed by atoms with van der Waals surface area (Å²) in [6.07, 6.45) is 4.54. The third kappa shape index (κ3) is 2.53. The Hall–Kier alpha value is -2.58. The number of carbonyl (C=O) groups is 2.